The maximum absolute atomic E-state index is 12.0. The van der Waals surface area contributed by atoms with Gasteiger partial charge in [0.05, 0.1) is 19.0 Å². The van der Waals surface area contributed by atoms with E-state index in [2.05, 4.69) is 15.5 Å². The molecule has 154 valence electrons. The topological polar surface area (TPSA) is 87.7 Å². The number of hydrogen-bond acceptors (Lipinski definition) is 6. The summed E-state index contributed by atoms with van der Waals surface area (Å²) >= 11 is 1.01. The first-order valence-corrected chi connectivity index (χ1v) is 10.7. The normalized spacial score (nSPS) is 13.8. The molecule has 7 nitrogen and oxygen atoms in total. The van der Waals surface area contributed by atoms with Crippen LogP contribution in [0.25, 0.3) is 0 Å². The van der Waals surface area contributed by atoms with Crippen LogP contribution in [0.1, 0.15) is 32.6 Å². The van der Waals surface area contributed by atoms with Gasteiger partial charge in [-0.25, -0.2) is 0 Å². The van der Waals surface area contributed by atoms with Crippen LogP contribution in [0.5, 0.6) is 0 Å². The molecule has 1 fully saturated rings. The van der Waals surface area contributed by atoms with Gasteiger partial charge in [-0.2, -0.15) is 0 Å². The SMILES string of the molecule is CC(=O)SCC(=O)NCCCCCC(=O)Nc1ccc(N2CCOCC2)cc1. The van der Waals surface area contributed by atoms with Crippen molar-refractivity contribution in [3.05, 3.63) is 24.3 Å². The first-order chi connectivity index (χ1) is 13.5. The lowest BCUT2D eigenvalue weighted by Gasteiger charge is -2.28. The molecule has 28 heavy (non-hydrogen) atoms. The molecule has 2 N–H and O–H groups in total. The highest BCUT2D eigenvalue weighted by Gasteiger charge is 2.11. The summed E-state index contributed by atoms with van der Waals surface area (Å²) in [5, 5.41) is 5.64. The minimum Gasteiger partial charge on any atom is -0.378 e. The Morgan fingerprint density at radius 3 is 2.43 bits per heavy atom. The largest absolute Gasteiger partial charge is 0.378 e. The van der Waals surface area contributed by atoms with Crippen LogP contribution in [-0.2, 0) is 19.1 Å². The number of carbonyl (C=O) groups is 3. The summed E-state index contributed by atoms with van der Waals surface area (Å²) in [5.74, 6) is 0.0432. The second kappa shape index (κ2) is 12.4. The molecule has 1 aromatic carbocycles. The van der Waals surface area contributed by atoms with Crippen molar-refractivity contribution in [2.75, 3.05) is 48.8 Å². The van der Waals surface area contributed by atoms with Crippen molar-refractivity contribution in [1.29, 1.82) is 0 Å². The highest BCUT2D eigenvalue weighted by molar-refractivity contribution is 8.14. The number of unbranched alkanes of at least 4 members (excludes halogenated alkanes) is 2. The average Bonchev–Trinajstić information content (AvgIpc) is 2.70. The summed E-state index contributed by atoms with van der Waals surface area (Å²) in [7, 11) is 0. The zero-order valence-electron chi connectivity index (χ0n) is 16.4. The molecule has 8 heteroatoms. The molecule has 1 heterocycles. The van der Waals surface area contributed by atoms with E-state index in [-0.39, 0.29) is 22.7 Å². The summed E-state index contributed by atoms with van der Waals surface area (Å²) in [4.78, 5) is 36.6. The lowest BCUT2D eigenvalue weighted by molar-refractivity contribution is -0.119. The lowest BCUT2D eigenvalue weighted by atomic mass is 10.2. The van der Waals surface area contributed by atoms with E-state index in [1.807, 2.05) is 24.3 Å². The van der Waals surface area contributed by atoms with E-state index in [1.54, 1.807) is 0 Å². The number of anilines is 2. The minimum atomic E-state index is -0.126. The van der Waals surface area contributed by atoms with Gasteiger partial charge in [0.25, 0.3) is 0 Å². The number of hydrogen-bond donors (Lipinski definition) is 2. The summed E-state index contributed by atoms with van der Waals surface area (Å²) in [6, 6.07) is 7.90. The predicted molar refractivity (Wildman–Crippen MR) is 113 cm³/mol. The number of amides is 2. The van der Waals surface area contributed by atoms with Crippen LogP contribution in [0, 0.1) is 0 Å². The smallest absolute Gasteiger partial charge is 0.230 e. The molecule has 0 radical (unpaired) electrons. The van der Waals surface area contributed by atoms with Crippen molar-refractivity contribution in [1.82, 2.24) is 5.32 Å². The van der Waals surface area contributed by atoms with Crippen molar-refractivity contribution in [2.45, 2.75) is 32.6 Å². The summed E-state index contributed by atoms with van der Waals surface area (Å²) in [5.41, 5.74) is 1.95. The molecule has 2 rings (SSSR count). The fourth-order valence-electron chi connectivity index (χ4n) is 2.83. The molecule has 1 aliphatic heterocycles. The van der Waals surface area contributed by atoms with Crippen molar-refractivity contribution in [3.8, 4) is 0 Å². The first kappa shape index (κ1) is 22.2. The Morgan fingerprint density at radius 1 is 1.04 bits per heavy atom. The Bertz CT molecular complexity index is 645. The maximum atomic E-state index is 12.0. The van der Waals surface area contributed by atoms with Gasteiger partial charge in [-0.05, 0) is 37.1 Å². The fourth-order valence-corrected chi connectivity index (χ4v) is 3.27. The van der Waals surface area contributed by atoms with E-state index in [0.29, 0.717) is 13.0 Å². The molecule has 0 aromatic heterocycles. The molecular formula is C20H29N3O4S. The third-order valence-corrected chi connectivity index (χ3v) is 5.15. The molecule has 1 aromatic rings. The Balaban J connectivity index is 1.56. The summed E-state index contributed by atoms with van der Waals surface area (Å²) in [6.45, 7) is 5.30. The number of morpholine rings is 1. The van der Waals surface area contributed by atoms with Crippen LogP contribution in [0.15, 0.2) is 24.3 Å². The van der Waals surface area contributed by atoms with Crippen molar-refractivity contribution in [2.24, 2.45) is 0 Å². The number of nitrogens with one attached hydrogen (secondary N) is 2. The summed E-state index contributed by atoms with van der Waals surface area (Å²) in [6.07, 6.45) is 2.91. The van der Waals surface area contributed by atoms with E-state index in [1.165, 1.54) is 6.92 Å². The van der Waals surface area contributed by atoms with Crippen molar-refractivity contribution < 1.29 is 19.1 Å². The van der Waals surface area contributed by atoms with Gasteiger partial charge in [0.2, 0.25) is 11.8 Å². The van der Waals surface area contributed by atoms with E-state index in [9.17, 15) is 14.4 Å². The maximum Gasteiger partial charge on any atom is 0.230 e. The van der Waals surface area contributed by atoms with Gasteiger partial charge in [-0.15, -0.1) is 0 Å². The van der Waals surface area contributed by atoms with E-state index in [0.717, 1.165) is 68.7 Å². The third-order valence-electron chi connectivity index (χ3n) is 4.34. The second-order valence-electron chi connectivity index (χ2n) is 6.64. The Labute approximate surface area is 170 Å². The van der Waals surface area contributed by atoms with Crippen LogP contribution in [0.3, 0.4) is 0 Å². The van der Waals surface area contributed by atoms with Gasteiger partial charge < -0.3 is 20.3 Å². The van der Waals surface area contributed by atoms with E-state index < -0.39 is 0 Å². The van der Waals surface area contributed by atoms with Crippen LogP contribution < -0.4 is 15.5 Å². The Kier molecular flexibility index (Phi) is 9.85. The second-order valence-corrected chi connectivity index (χ2v) is 7.79. The molecule has 0 atom stereocenters. The van der Waals surface area contributed by atoms with Crippen LogP contribution in [0.2, 0.25) is 0 Å². The van der Waals surface area contributed by atoms with E-state index in [4.69, 9.17) is 4.74 Å². The van der Waals surface area contributed by atoms with Crippen LogP contribution in [-0.4, -0.2) is 55.5 Å². The Hall–Kier alpha value is -2.06. The molecule has 0 bridgehead atoms. The molecule has 0 spiro atoms. The standard InChI is InChI=1S/C20H29N3O4S/c1-16(24)28-15-20(26)21-10-4-2-3-5-19(25)22-17-6-8-18(9-7-17)23-11-13-27-14-12-23/h6-9H,2-5,10-15H2,1H3,(H,21,26)(H,22,25). The monoisotopic (exact) mass is 407 g/mol. The van der Waals surface area contributed by atoms with Gasteiger partial charge in [-0.3, -0.25) is 14.4 Å². The molecule has 0 unspecified atom stereocenters. The molecule has 1 saturated heterocycles. The minimum absolute atomic E-state index is 0.000941. The Morgan fingerprint density at radius 2 is 1.75 bits per heavy atom. The zero-order chi connectivity index (χ0) is 20.2. The number of benzene rings is 1. The zero-order valence-corrected chi connectivity index (χ0v) is 17.2. The number of carbonyl (C=O) groups excluding carboxylic acids is 3. The molecule has 1 aliphatic rings. The number of thioether (sulfide) groups is 1. The van der Waals surface area contributed by atoms with Gasteiger partial charge in [-0.1, -0.05) is 18.2 Å². The highest BCUT2D eigenvalue weighted by atomic mass is 32.2. The average molecular weight is 408 g/mol. The van der Waals surface area contributed by atoms with Crippen molar-refractivity contribution >= 4 is 40.1 Å². The molecular weight excluding hydrogens is 378 g/mol. The van der Waals surface area contributed by atoms with Gasteiger partial charge in [0.1, 0.15) is 0 Å². The number of nitrogens with zero attached hydrogens (tertiary/aromatic N) is 1. The summed E-state index contributed by atoms with van der Waals surface area (Å²) < 4.78 is 5.36. The van der Waals surface area contributed by atoms with Crippen LogP contribution in [0.4, 0.5) is 11.4 Å². The highest BCUT2D eigenvalue weighted by Crippen LogP contribution is 2.19. The number of rotatable bonds is 10. The van der Waals surface area contributed by atoms with Gasteiger partial charge in [0.15, 0.2) is 5.12 Å². The molecule has 0 aliphatic carbocycles. The molecule has 0 saturated carbocycles. The van der Waals surface area contributed by atoms with Gasteiger partial charge >= 0.3 is 0 Å². The first-order valence-electron chi connectivity index (χ1n) is 9.67. The van der Waals surface area contributed by atoms with Crippen LogP contribution >= 0.6 is 11.8 Å². The number of ether oxygens (including phenoxy) is 1. The van der Waals surface area contributed by atoms with Crippen molar-refractivity contribution in [3.63, 3.8) is 0 Å². The molecule has 2 amide bonds. The van der Waals surface area contributed by atoms with Gasteiger partial charge in [0, 0.05) is 44.4 Å². The predicted octanol–water partition coefficient (Wildman–Crippen LogP) is 2.42. The third kappa shape index (κ3) is 8.75. The van der Waals surface area contributed by atoms with E-state index >= 15 is 0 Å². The quantitative estimate of drug-likeness (QED) is 0.579. The lowest BCUT2D eigenvalue weighted by Crippen LogP contribution is -2.36. The fraction of sp³-hybridized carbons (Fsp3) is 0.550.